The van der Waals surface area contributed by atoms with Gasteiger partial charge in [-0.2, -0.15) is 0 Å². The summed E-state index contributed by atoms with van der Waals surface area (Å²) < 4.78 is 4.72. The van der Waals surface area contributed by atoms with Gasteiger partial charge in [-0.3, -0.25) is 4.79 Å². The number of ether oxygens (including phenoxy) is 1. The second kappa shape index (κ2) is 5.79. The maximum Gasteiger partial charge on any atom is 0.354 e. The Bertz CT molecular complexity index is 529. The molecule has 0 spiro atoms. The molecule has 1 aromatic rings. The van der Waals surface area contributed by atoms with Crippen molar-refractivity contribution in [2.45, 2.75) is 39.7 Å². The van der Waals surface area contributed by atoms with Gasteiger partial charge in [0.2, 0.25) is 0 Å². The van der Waals surface area contributed by atoms with Crippen molar-refractivity contribution in [3.63, 3.8) is 0 Å². The molecule has 20 heavy (non-hydrogen) atoms. The molecule has 1 heterocycles. The van der Waals surface area contributed by atoms with Gasteiger partial charge < -0.3 is 15.0 Å². The zero-order valence-corrected chi connectivity index (χ0v) is 12.5. The van der Waals surface area contributed by atoms with Crippen molar-refractivity contribution in [1.29, 1.82) is 0 Å². The van der Waals surface area contributed by atoms with Crippen LogP contribution in [0.2, 0.25) is 0 Å². The highest BCUT2D eigenvalue weighted by atomic mass is 16.5. The third-order valence-corrected chi connectivity index (χ3v) is 3.88. The lowest BCUT2D eigenvalue weighted by Gasteiger charge is -2.13. The second-order valence-corrected chi connectivity index (χ2v) is 5.55. The van der Waals surface area contributed by atoms with Gasteiger partial charge in [0, 0.05) is 11.3 Å². The molecule has 0 saturated heterocycles. The molecule has 0 radical (unpaired) electrons. The molecule has 0 aromatic carbocycles. The molecule has 1 aromatic heterocycles. The van der Waals surface area contributed by atoms with Gasteiger partial charge in [-0.15, -0.1) is 0 Å². The molecule has 1 saturated carbocycles. The predicted molar refractivity (Wildman–Crippen MR) is 76.1 cm³/mol. The van der Waals surface area contributed by atoms with Crippen molar-refractivity contribution >= 4 is 11.8 Å². The number of carbonyl (C=O) groups is 2. The van der Waals surface area contributed by atoms with E-state index in [-0.39, 0.29) is 11.8 Å². The zero-order chi connectivity index (χ0) is 14.9. The first-order valence-corrected chi connectivity index (χ1v) is 7.00. The van der Waals surface area contributed by atoms with Gasteiger partial charge in [0.25, 0.3) is 0 Å². The number of methoxy groups -OCH3 is 1. The van der Waals surface area contributed by atoms with Crippen LogP contribution in [0.25, 0.3) is 0 Å². The van der Waals surface area contributed by atoms with Crippen molar-refractivity contribution in [2.24, 2.45) is 5.92 Å². The van der Waals surface area contributed by atoms with E-state index in [1.807, 2.05) is 6.92 Å². The molecule has 2 rings (SSSR count). The van der Waals surface area contributed by atoms with Gasteiger partial charge in [-0.25, -0.2) is 4.79 Å². The summed E-state index contributed by atoms with van der Waals surface area (Å²) in [4.78, 5) is 27.1. The number of aromatic amines is 1. The van der Waals surface area contributed by atoms with Crippen LogP contribution in [-0.2, 0) is 4.74 Å². The molecular weight excluding hydrogens is 256 g/mol. The Morgan fingerprint density at radius 3 is 2.60 bits per heavy atom. The van der Waals surface area contributed by atoms with E-state index in [1.165, 1.54) is 20.0 Å². The van der Waals surface area contributed by atoms with Gasteiger partial charge in [0.05, 0.1) is 13.2 Å². The Morgan fingerprint density at radius 1 is 1.40 bits per heavy atom. The van der Waals surface area contributed by atoms with E-state index in [9.17, 15) is 9.59 Å². The topological polar surface area (TPSA) is 71.2 Å². The number of rotatable bonds is 6. The Labute approximate surface area is 119 Å². The monoisotopic (exact) mass is 278 g/mol. The summed E-state index contributed by atoms with van der Waals surface area (Å²) in [6.45, 7) is 6.34. The normalized spacial score (nSPS) is 16.0. The fraction of sp³-hybridized carbons (Fsp3) is 0.600. The van der Waals surface area contributed by atoms with Crippen LogP contribution in [0.1, 0.15) is 51.9 Å². The third-order valence-electron chi connectivity index (χ3n) is 3.88. The lowest BCUT2D eigenvalue weighted by molar-refractivity contribution is 0.0594. The van der Waals surface area contributed by atoms with Gasteiger partial charge in [0.15, 0.2) is 5.78 Å². The third kappa shape index (κ3) is 2.93. The van der Waals surface area contributed by atoms with Crippen LogP contribution >= 0.6 is 0 Å². The average Bonchev–Trinajstić information content (AvgIpc) is 3.20. The summed E-state index contributed by atoms with van der Waals surface area (Å²) in [6.07, 6.45) is 2.51. The molecule has 1 atom stereocenters. The summed E-state index contributed by atoms with van der Waals surface area (Å²) in [5.74, 6) is 0.305. The molecule has 2 N–H and O–H groups in total. The number of hydrogen-bond donors (Lipinski definition) is 2. The number of Topliss-reactive ketones (excluding diaryl/α,β-unsaturated/α-hetero) is 1. The van der Waals surface area contributed by atoms with E-state index in [2.05, 4.69) is 10.3 Å². The minimum atomic E-state index is -0.441. The first kappa shape index (κ1) is 14.8. The number of carbonyl (C=O) groups excluding carboxylic acids is 2. The van der Waals surface area contributed by atoms with E-state index >= 15 is 0 Å². The zero-order valence-electron chi connectivity index (χ0n) is 12.5. The van der Waals surface area contributed by atoms with Crippen LogP contribution in [0.3, 0.4) is 0 Å². The molecule has 0 aliphatic heterocycles. The van der Waals surface area contributed by atoms with Gasteiger partial charge in [0.1, 0.15) is 5.69 Å². The average molecular weight is 278 g/mol. The van der Waals surface area contributed by atoms with Crippen LogP contribution in [0.15, 0.2) is 0 Å². The van der Waals surface area contributed by atoms with Gasteiger partial charge in [-0.1, -0.05) is 0 Å². The van der Waals surface area contributed by atoms with Crippen molar-refractivity contribution in [3.05, 3.63) is 22.5 Å². The van der Waals surface area contributed by atoms with Gasteiger partial charge in [-0.05, 0) is 51.6 Å². The largest absolute Gasteiger partial charge is 0.464 e. The second-order valence-electron chi connectivity index (χ2n) is 5.55. The standard InChI is InChI=1S/C15H22N2O3/c1-8-12(9(2)17-13(8)15(19)20-4)14(18)10(3)16-7-11-5-6-11/h10-11,16-17H,5-7H2,1-4H3. The van der Waals surface area contributed by atoms with Crippen LogP contribution in [0.5, 0.6) is 0 Å². The van der Waals surface area contributed by atoms with Gasteiger partial charge >= 0.3 is 5.97 Å². The van der Waals surface area contributed by atoms with E-state index in [4.69, 9.17) is 4.74 Å². The Morgan fingerprint density at radius 2 is 2.05 bits per heavy atom. The number of hydrogen-bond acceptors (Lipinski definition) is 4. The lowest BCUT2D eigenvalue weighted by atomic mass is 10.0. The maximum atomic E-state index is 12.5. The van der Waals surface area contributed by atoms with Crippen LogP contribution in [0.4, 0.5) is 0 Å². The summed E-state index contributed by atoms with van der Waals surface area (Å²) in [7, 11) is 1.33. The molecule has 110 valence electrons. The molecule has 1 aliphatic rings. The maximum absolute atomic E-state index is 12.5. The van der Waals surface area contributed by atoms with E-state index < -0.39 is 5.97 Å². The number of nitrogens with one attached hydrogen (secondary N) is 2. The minimum absolute atomic E-state index is 0.0204. The summed E-state index contributed by atoms with van der Waals surface area (Å²) in [5, 5.41) is 3.27. The number of H-pyrrole nitrogens is 1. The van der Waals surface area contributed by atoms with Crippen molar-refractivity contribution in [3.8, 4) is 0 Å². The fourth-order valence-electron chi connectivity index (χ4n) is 2.40. The molecular formula is C15H22N2O3. The highest BCUT2D eigenvalue weighted by Gasteiger charge is 2.27. The smallest absolute Gasteiger partial charge is 0.354 e. The van der Waals surface area contributed by atoms with E-state index in [0.29, 0.717) is 22.5 Å². The molecule has 1 aliphatic carbocycles. The van der Waals surface area contributed by atoms with Crippen LogP contribution < -0.4 is 5.32 Å². The van der Waals surface area contributed by atoms with Crippen LogP contribution in [0, 0.1) is 19.8 Å². The lowest BCUT2D eigenvalue weighted by Crippen LogP contribution is -2.35. The molecule has 5 heteroatoms. The summed E-state index contributed by atoms with van der Waals surface area (Å²) >= 11 is 0. The highest BCUT2D eigenvalue weighted by molar-refractivity contribution is 6.05. The quantitative estimate of drug-likeness (QED) is 0.616. The molecule has 0 amide bonds. The number of esters is 1. The Hall–Kier alpha value is -1.62. The first-order chi connectivity index (χ1) is 9.45. The number of ketones is 1. The van der Waals surface area contributed by atoms with E-state index in [1.54, 1.807) is 13.8 Å². The van der Waals surface area contributed by atoms with Crippen molar-refractivity contribution in [1.82, 2.24) is 10.3 Å². The summed E-state index contributed by atoms with van der Waals surface area (Å²) in [5.41, 5.74) is 2.34. The molecule has 1 unspecified atom stereocenters. The van der Waals surface area contributed by atoms with Crippen LogP contribution in [-0.4, -0.2) is 36.4 Å². The summed E-state index contributed by atoms with van der Waals surface area (Å²) in [6, 6.07) is -0.241. The fourth-order valence-corrected chi connectivity index (χ4v) is 2.40. The highest BCUT2D eigenvalue weighted by Crippen LogP contribution is 2.28. The Kier molecular flexibility index (Phi) is 4.28. The molecule has 5 nitrogen and oxygen atoms in total. The number of aromatic nitrogens is 1. The SMILES string of the molecule is COC(=O)c1[nH]c(C)c(C(=O)C(C)NCC2CC2)c1C. The first-order valence-electron chi connectivity index (χ1n) is 7.00. The number of aryl methyl sites for hydroxylation is 1. The van der Waals surface area contributed by atoms with Crippen molar-refractivity contribution < 1.29 is 14.3 Å². The molecule has 1 fully saturated rings. The van der Waals surface area contributed by atoms with E-state index in [0.717, 1.165) is 12.5 Å². The minimum Gasteiger partial charge on any atom is -0.464 e. The predicted octanol–water partition coefficient (Wildman–Crippen LogP) is 1.99. The molecule has 0 bridgehead atoms. The Balaban J connectivity index is 2.15. The van der Waals surface area contributed by atoms with Crippen molar-refractivity contribution in [2.75, 3.05) is 13.7 Å².